The monoisotopic (exact) mass is 356 g/mol. The van der Waals surface area contributed by atoms with Crippen LogP contribution in [0.2, 0.25) is 0 Å². The number of halogens is 5. The van der Waals surface area contributed by atoms with Gasteiger partial charge in [-0.05, 0) is 37.1 Å². The summed E-state index contributed by atoms with van der Waals surface area (Å²) in [5, 5.41) is 0. The molecule has 1 aromatic heterocycles. The number of anilines is 1. The van der Waals surface area contributed by atoms with Gasteiger partial charge in [0.25, 0.3) is 11.9 Å². The first kappa shape index (κ1) is 17.3. The van der Waals surface area contributed by atoms with Crippen LogP contribution in [0.3, 0.4) is 0 Å². The minimum absolute atomic E-state index is 0.0499. The van der Waals surface area contributed by atoms with Gasteiger partial charge >= 0.3 is 0 Å². The molecule has 25 heavy (non-hydrogen) atoms. The topological polar surface area (TPSA) is 33.2 Å². The lowest BCUT2D eigenvalue weighted by molar-refractivity contribution is 0.0900. The second-order valence-electron chi connectivity index (χ2n) is 5.80. The van der Waals surface area contributed by atoms with Gasteiger partial charge < -0.3 is 4.90 Å². The molecule has 2 heterocycles. The number of Topliss-reactive ketones (excluding diaryl/α,β-unsaturated/α-hetero) is 1. The van der Waals surface area contributed by atoms with E-state index in [0.29, 0.717) is 5.56 Å². The first-order valence-electron chi connectivity index (χ1n) is 7.63. The third-order valence-corrected chi connectivity index (χ3v) is 4.29. The number of hydrogen-bond donors (Lipinski definition) is 0. The third-order valence-electron chi connectivity index (χ3n) is 4.29. The van der Waals surface area contributed by atoms with Crippen molar-refractivity contribution < 1.29 is 26.7 Å². The van der Waals surface area contributed by atoms with Gasteiger partial charge in [0.15, 0.2) is 5.78 Å². The smallest absolute Gasteiger partial charge is 0.253 e. The van der Waals surface area contributed by atoms with Crippen molar-refractivity contribution in [1.82, 2.24) is 4.98 Å². The third kappa shape index (κ3) is 3.33. The number of ketones is 1. The summed E-state index contributed by atoms with van der Waals surface area (Å²) in [6.07, 6.45) is 0.501. The zero-order chi connectivity index (χ0) is 18.1. The Kier molecular flexibility index (Phi) is 4.69. The maximum Gasteiger partial charge on any atom is 0.253 e. The normalized spacial score (nSPS) is 15.5. The summed E-state index contributed by atoms with van der Waals surface area (Å²) < 4.78 is 67.0. The molecule has 0 atom stereocenters. The Morgan fingerprint density at radius 3 is 1.96 bits per heavy atom. The van der Waals surface area contributed by atoms with E-state index >= 15 is 0 Å². The largest absolute Gasteiger partial charge is 0.366 e. The Morgan fingerprint density at radius 2 is 1.44 bits per heavy atom. The van der Waals surface area contributed by atoms with Crippen LogP contribution in [-0.4, -0.2) is 23.9 Å². The average Bonchev–Trinajstić information content (AvgIpc) is 2.61. The molecule has 2 aromatic rings. The quantitative estimate of drug-likeness (QED) is 0.475. The molecule has 0 unspecified atom stereocenters. The number of aromatic nitrogens is 1. The fourth-order valence-electron chi connectivity index (χ4n) is 2.97. The van der Waals surface area contributed by atoms with Crippen LogP contribution in [0.4, 0.5) is 27.6 Å². The molecule has 132 valence electrons. The van der Waals surface area contributed by atoms with Gasteiger partial charge in [-0.15, -0.1) is 0 Å². The molecule has 0 radical (unpaired) electrons. The van der Waals surface area contributed by atoms with E-state index < -0.39 is 41.0 Å². The Morgan fingerprint density at radius 1 is 0.920 bits per heavy atom. The molecule has 1 fully saturated rings. The van der Waals surface area contributed by atoms with Gasteiger partial charge in [-0.3, -0.25) is 4.79 Å². The molecule has 3 rings (SSSR count). The molecular weight excluding hydrogens is 343 g/mol. The number of rotatable bonds is 3. The molecule has 8 heteroatoms. The predicted octanol–water partition coefficient (Wildman–Crippen LogP) is 3.88. The molecule has 1 aliphatic rings. The van der Waals surface area contributed by atoms with Crippen LogP contribution in [-0.2, 0) is 0 Å². The van der Waals surface area contributed by atoms with Crippen molar-refractivity contribution in [2.45, 2.75) is 12.8 Å². The number of hydrogen-bond acceptors (Lipinski definition) is 3. The van der Waals surface area contributed by atoms with Crippen LogP contribution in [0, 0.1) is 35.3 Å². The average molecular weight is 356 g/mol. The molecule has 0 amide bonds. The van der Waals surface area contributed by atoms with Crippen molar-refractivity contribution in [2.24, 2.45) is 5.92 Å². The van der Waals surface area contributed by atoms with Gasteiger partial charge in [0.05, 0.1) is 0 Å². The van der Waals surface area contributed by atoms with E-state index in [2.05, 4.69) is 4.98 Å². The summed E-state index contributed by atoms with van der Waals surface area (Å²) in [6.45, 7) is 0.0999. The summed E-state index contributed by atoms with van der Waals surface area (Å²) in [7, 11) is 0. The fraction of sp³-hybridized carbons (Fsp3) is 0.294. The van der Waals surface area contributed by atoms with Gasteiger partial charge in [0.1, 0.15) is 11.5 Å². The Labute approximate surface area is 140 Å². The lowest BCUT2D eigenvalue weighted by Gasteiger charge is -2.33. The molecule has 1 saturated heterocycles. The Balaban J connectivity index is 1.74. The van der Waals surface area contributed by atoms with E-state index in [1.807, 2.05) is 0 Å². The van der Waals surface area contributed by atoms with Crippen LogP contribution in [0.5, 0.6) is 0 Å². The number of carbonyl (C=O) groups excluding carboxylic acids is 1. The molecule has 3 nitrogen and oxygen atoms in total. The van der Waals surface area contributed by atoms with Crippen molar-refractivity contribution in [1.29, 1.82) is 0 Å². The molecule has 0 N–H and O–H groups in total. The van der Waals surface area contributed by atoms with Crippen LogP contribution in [0.15, 0.2) is 24.3 Å². The molecule has 0 aliphatic carbocycles. The first-order valence-corrected chi connectivity index (χ1v) is 7.63. The van der Waals surface area contributed by atoms with Crippen LogP contribution >= 0.6 is 0 Å². The summed E-state index contributed by atoms with van der Waals surface area (Å²) >= 11 is 0. The first-order chi connectivity index (χ1) is 11.9. The Bertz CT molecular complexity index is 775. The minimum atomic E-state index is -1.71. The van der Waals surface area contributed by atoms with Crippen LogP contribution in [0.25, 0.3) is 0 Å². The van der Waals surface area contributed by atoms with Crippen molar-refractivity contribution in [3.63, 3.8) is 0 Å². The van der Waals surface area contributed by atoms with Crippen molar-refractivity contribution in [2.75, 3.05) is 18.0 Å². The number of nitrogens with zero attached hydrogens (tertiary/aromatic N) is 2. The van der Waals surface area contributed by atoms with Gasteiger partial charge in [0.2, 0.25) is 11.6 Å². The van der Waals surface area contributed by atoms with E-state index in [1.54, 1.807) is 0 Å². The number of piperidine rings is 1. The molecule has 1 aliphatic heterocycles. The maximum absolute atomic E-state index is 13.8. The zero-order valence-corrected chi connectivity index (χ0v) is 12.9. The van der Waals surface area contributed by atoms with Crippen LogP contribution in [0.1, 0.15) is 23.2 Å². The van der Waals surface area contributed by atoms with E-state index in [1.165, 1.54) is 24.3 Å². The lowest BCUT2D eigenvalue weighted by Crippen LogP contribution is -2.37. The summed E-state index contributed by atoms with van der Waals surface area (Å²) in [6, 6.07) is 5.10. The van der Waals surface area contributed by atoms with Crippen LogP contribution < -0.4 is 4.90 Å². The second kappa shape index (κ2) is 6.78. The highest BCUT2D eigenvalue weighted by molar-refractivity contribution is 5.98. The van der Waals surface area contributed by atoms with E-state index in [9.17, 15) is 26.7 Å². The van der Waals surface area contributed by atoms with Gasteiger partial charge in [-0.25, -0.2) is 4.39 Å². The highest BCUT2D eigenvalue weighted by Gasteiger charge is 2.31. The van der Waals surface area contributed by atoms with Crippen molar-refractivity contribution >= 4 is 11.5 Å². The predicted molar refractivity (Wildman–Crippen MR) is 79.7 cm³/mol. The fourth-order valence-corrected chi connectivity index (χ4v) is 2.97. The van der Waals surface area contributed by atoms with E-state index in [-0.39, 0.29) is 31.7 Å². The highest BCUT2D eigenvalue weighted by atomic mass is 19.2. The zero-order valence-electron chi connectivity index (χ0n) is 12.9. The van der Waals surface area contributed by atoms with Crippen molar-refractivity contribution in [3.05, 3.63) is 59.2 Å². The molecule has 1 aromatic carbocycles. The SMILES string of the molecule is O=C(c1ccc(F)cc1)C1CCN(c2c(F)c(F)nc(F)c2F)CC1. The van der Waals surface area contributed by atoms with E-state index in [4.69, 9.17) is 0 Å². The van der Waals surface area contributed by atoms with Gasteiger partial charge in [-0.2, -0.15) is 22.5 Å². The highest BCUT2D eigenvalue weighted by Crippen LogP contribution is 2.31. The van der Waals surface area contributed by atoms with Crippen molar-refractivity contribution in [3.8, 4) is 0 Å². The summed E-state index contributed by atoms with van der Waals surface area (Å²) in [5.74, 6) is -7.60. The minimum Gasteiger partial charge on any atom is -0.366 e. The van der Waals surface area contributed by atoms with Gasteiger partial charge in [0, 0.05) is 24.6 Å². The molecule has 0 saturated carbocycles. The number of pyridine rings is 1. The summed E-state index contributed by atoms with van der Waals surface area (Å²) in [5.41, 5.74) is -0.462. The number of benzene rings is 1. The maximum atomic E-state index is 13.8. The number of carbonyl (C=O) groups is 1. The molecule has 0 spiro atoms. The van der Waals surface area contributed by atoms with E-state index in [0.717, 1.165) is 4.90 Å². The Hall–Kier alpha value is -2.51. The second-order valence-corrected chi connectivity index (χ2v) is 5.80. The molecule has 0 bridgehead atoms. The standard InChI is InChI=1S/C17H13F5N2O/c18-11-3-1-9(2-4-11)15(25)10-5-7-24(8-6-10)14-12(19)16(21)23-17(22)13(14)20/h1-4,10H,5-8H2. The van der Waals surface area contributed by atoms with Gasteiger partial charge in [-0.1, -0.05) is 0 Å². The summed E-state index contributed by atoms with van der Waals surface area (Å²) in [4.78, 5) is 16.1. The lowest BCUT2D eigenvalue weighted by atomic mass is 9.88. The molecular formula is C17H13F5N2O.